The molecular formula is C25H27N5O2S. The van der Waals surface area contributed by atoms with Crippen LogP contribution in [0.15, 0.2) is 53.7 Å². The fourth-order valence-corrected chi connectivity index (χ4v) is 4.97. The largest absolute Gasteiger partial charge is 0.497 e. The number of ether oxygens (including phenoxy) is 1. The van der Waals surface area contributed by atoms with E-state index in [1.165, 1.54) is 31.0 Å². The highest BCUT2D eigenvalue weighted by Gasteiger charge is 2.26. The lowest BCUT2D eigenvalue weighted by Crippen LogP contribution is -2.23. The Morgan fingerprint density at radius 3 is 2.45 bits per heavy atom. The number of nitrogens with zero attached hydrogens (tertiary/aromatic N) is 4. The van der Waals surface area contributed by atoms with E-state index in [4.69, 9.17) is 10.00 Å². The van der Waals surface area contributed by atoms with Crippen LogP contribution in [0.1, 0.15) is 50.6 Å². The summed E-state index contributed by atoms with van der Waals surface area (Å²) in [6.45, 7) is 1.87. The van der Waals surface area contributed by atoms with Gasteiger partial charge in [0.05, 0.1) is 24.0 Å². The molecule has 3 aromatic rings. The number of aromatic nitrogens is 3. The highest BCUT2D eigenvalue weighted by Crippen LogP contribution is 2.37. The minimum Gasteiger partial charge on any atom is -0.497 e. The first kappa shape index (κ1) is 22.9. The van der Waals surface area contributed by atoms with Crippen molar-refractivity contribution in [2.24, 2.45) is 0 Å². The predicted octanol–water partition coefficient (Wildman–Crippen LogP) is 5.45. The summed E-state index contributed by atoms with van der Waals surface area (Å²) < 4.78 is 7.51. The lowest BCUT2D eigenvalue weighted by molar-refractivity contribution is -0.115. The third-order valence-corrected chi connectivity index (χ3v) is 6.94. The summed E-state index contributed by atoms with van der Waals surface area (Å²) >= 11 is 1.42. The minimum absolute atomic E-state index is 0.117. The molecule has 0 spiro atoms. The summed E-state index contributed by atoms with van der Waals surface area (Å²) in [5.74, 6) is 1.51. The van der Waals surface area contributed by atoms with Crippen molar-refractivity contribution in [2.75, 3.05) is 12.4 Å². The highest BCUT2D eigenvalue weighted by atomic mass is 32.2. The van der Waals surface area contributed by atoms with Crippen molar-refractivity contribution in [3.63, 3.8) is 0 Å². The molecule has 170 valence electrons. The van der Waals surface area contributed by atoms with Crippen LogP contribution in [0.3, 0.4) is 0 Å². The highest BCUT2D eigenvalue weighted by molar-refractivity contribution is 8.00. The first-order chi connectivity index (χ1) is 16.1. The zero-order valence-electron chi connectivity index (χ0n) is 18.8. The molecule has 1 fully saturated rings. The molecule has 4 rings (SSSR count). The zero-order chi connectivity index (χ0) is 23.2. The standard InChI is InChI=1S/C25H27N5O2S/c1-17(24(31)27-20-12-8-18(16-26)9-13-20)33-25-29-28-23(19-10-14-22(32-2)15-11-19)30(25)21-6-4-3-5-7-21/h8-15,17,21H,3-7H2,1-2H3,(H,27,31). The molecular weight excluding hydrogens is 434 g/mol. The number of benzene rings is 2. The maximum atomic E-state index is 12.8. The van der Waals surface area contributed by atoms with Crippen molar-refractivity contribution in [1.82, 2.24) is 14.8 Å². The number of anilines is 1. The summed E-state index contributed by atoms with van der Waals surface area (Å²) in [5.41, 5.74) is 2.21. The number of rotatable bonds is 7. The number of amides is 1. The van der Waals surface area contributed by atoms with Gasteiger partial charge in [-0.3, -0.25) is 9.36 Å². The van der Waals surface area contributed by atoms with Gasteiger partial charge in [0.15, 0.2) is 11.0 Å². The van der Waals surface area contributed by atoms with Crippen LogP contribution in [-0.4, -0.2) is 33.0 Å². The van der Waals surface area contributed by atoms with Crippen LogP contribution in [0.5, 0.6) is 5.75 Å². The average Bonchev–Trinajstić information content (AvgIpc) is 3.28. The molecule has 0 aliphatic heterocycles. The van der Waals surface area contributed by atoms with Crippen LogP contribution in [-0.2, 0) is 4.79 Å². The monoisotopic (exact) mass is 461 g/mol. The van der Waals surface area contributed by atoms with Gasteiger partial charge < -0.3 is 10.1 Å². The third kappa shape index (κ3) is 5.37. The number of thioether (sulfide) groups is 1. The molecule has 0 saturated heterocycles. The van der Waals surface area contributed by atoms with Gasteiger partial charge in [0.2, 0.25) is 5.91 Å². The van der Waals surface area contributed by atoms with Gasteiger partial charge in [-0.2, -0.15) is 5.26 Å². The summed E-state index contributed by atoms with van der Waals surface area (Å²) in [6, 6.07) is 17.1. The number of nitriles is 1. The lowest BCUT2D eigenvalue weighted by Gasteiger charge is -2.26. The molecule has 1 amide bonds. The number of hydrogen-bond acceptors (Lipinski definition) is 6. The molecule has 1 atom stereocenters. The van der Waals surface area contributed by atoms with E-state index in [9.17, 15) is 4.79 Å². The minimum atomic E-state index is -0.365. The number of nitrogens with one attached hydrogen (secondary N) is 1. The van der Waals surface area contributed by atoms with Crippen LogP contribution < -0.4 is 10.1 Å². The summed E-state index contributed by atoms with van der Waals surface area (Å²) in [7, 11) is 1.65. The van der Waals surface area contributed by atoms with Gasteiger partial charge in [0, 0.05) is 17.3 Å². The molecule has 33 heavy (non-hydrogen) atoms. The van der Waals surface area contributed by atoms with E-state index in [1.54, 1.807) is 31.4 Å². The molecule has 7 nitrogen and oxygen atoms in total. The predicted molar refractivity (Wildman–Crippen MR) is 129 cm³/mol. The number of carbonyl (C=O) groups excluding carboxylic acids is 1. The smallest absolute Gasteiger partial charge is 0.237 e. The summed E-state index contributed by atoms with van der Waals surface area (Å²) in [6.07, 6.45) is 5.79. The van der Waals surface area contributed by atoms with E-state index in [0.717, 1.165) is 35.1 Å². The Bertz CT molecular complexity index is 1130. The van der Waals surface area contributed by atoms with E-state index in [-0.39, 0.29) is 11.2 Å². The van der Waals surface area contributed by atoms with Crippen molar-refractivity contribution in [1.29, 1.82) is 5.26 Å². The Morgan fingerprint density at radius 2 is 1.82 bits per heavy atom. The lowest BCUT2D eigenvalue weighted by atomic mass is 9.95. The Morgan fingerprint density at radius 1 is 1.12 bits per heavy atom. The van der Waals surface area contributed by atoms with E-state index >= 15 is 0 Å². The maximum absolute atomic E-state index is 12.8. The molecule has 1 heterocycles. The van der Waals surface area contributed by atoms with Gasteiger partial charge in [-0.15, -0.1) is 10.2 Å². The first-order valence-electron chi connectivity index (χ1n) is 11.2. The number of hydrogen-bond donors (Lipinski definition) is 1. The van der Waals surface area contributed by atoms with Crippen molar-refractivity contribution in [3.05, 3.63) is 54.1 Å². The van der Waals surface area contributed by atoms with Gasteiger partial charge in [-0.1, -0.05) is 31.0 Å². The Balaban J connectivity index is 1.56. The third-order valence-electron chi connectivity index (χ3n) is 5.89. The van der Waals surface area contributed by atoms with Crippen LogP contribution in [0.25, 0.3) is 11.4 Å². The van der Waals surface area contributed by atoms with Crippen LogP contribution in [0.4, 0.5) is 5.69 Å². The van der Waals surface area contributed by atoms with E-state index in [2.05, 4.69) is 26.2 Å². The van der Waals surface area contributed by atoms with Gasteiger partial charge in [-0.05, 0) is 68.3 Å². The molecule has 0 radical (unpaired) electrons. The molecule has 1 unspecified atom stereocenters. The van der Waals surface area contributed by atoms with Crippen molar-refractivity contribution in [2.45, 2.75) is 55.5 Å². The number of carbonyl (C=O) groups is 1. The van der Waals surface area contributed by atoms with E-state index in [1.807, 2.05) is 31.2 Å². The normalized spacial score (nSPS) is 14.9. The SMILES string of the molecule is COc1ccc(-c2nnc(SC(C)C(=O)Nc3ccc(C#N)cc3)n2C2CCCCC2)cc1. The first-order valence-corrected chi connectivity index (χ1v) is 12.0. The molecule has 1 aliphatic carbocycles. The van der Waals surface area contributed by atoms with Gasteiger partial charge in [-0.25, -0.2) is 0 Å². The van der Waals surface area contributed by atoms with Crippen molar-refractivity contribution in [3.8, 4) is 23.2 Å². The van der Waals surface area contributed by atoms with Crippen LogP contribution >= 0.6 is 11.8 Å². The van der Waals surface area contributed by atoms with E-state index < -0.39 is 0 Å². The van der Waals surface area contributed by atoms with Gasteiger partial charge >= 0.3 is 0 Å². The van der Waals surface area contributed by atoms with Gasteiger partial charge in [0.1, 0.15) is 5.75 Å². The van der Waals surface area contributed by atoms with Crippen LogP contribution in [0, 0.1) is 11.3 Å². The summed E-state index contributed by atoms with van der Waals surface area (Å²) in [4.78, 5) is 12.8. The molecule has 1 N–H and O–H groups in total. The fourth-order valence-electron chi connectivity index (χ4n) is 4.05. The molecule has 2 aromatic carbocycles. The second-order valence-electron chi connectivity index (χ2n) is 8.14. The topological polar surface area (TPSA) is 92.8 Å². The Labute approximate surface area is 198 Å². The van der Waals surface area contributed by atoms with Crippen molar-refractivity contribution >= 4 is 23.4 Å². The van der Waals surface area contributed by atoms with E-state index in [0.29, 0.717) is 17.3 Å². The molecule has 8 heteroatoms. The van der Waals surface area contributed by atoms with Gasteiger partial charge in [0.25, 0.3) is 0 Å². The second-order valence-corrected chi connectivity index (χ2v) is 9.44. The molecule has 1 aromatic heterocycles. The fraction of sp³-hybridized carbons (Fsp3) is 0.360. The molecule has 1 aliphatic rings. The molecule has 1 saturated carbocycles. The quantitative estimate of drug-likeness (QED) is 0.470. The Hall–Kier alpha value is -3.31. The number of methoxy groups -OCH3 is 1. The van der Waals surface area contributed by atoms with Crippen molar-refractivity contribution < 1.29 is 9.53 Å². The molecule has 0 bridgehead atoms. The average molecular weight is 462 g/mol. The summed E-state index contributed by atoms with van der Waals surface area (Å²) in [5, 5.41) is 21.3. The second kappa shape index (κ2) is 10.5. The maximum Gasteiger partial charge on any atom is 0.237 e. The Kier molecular flexibility index (Phi) is 7.30. The zero-order valence-corrected chi connectivity index (χ0v) is 19.6. The van der Waals surface area contributed by atoms with Crippen LogP contribution in [0.2, 0.25) is 0 Å².